The zero-order valence-electron chi connectivity index (χ0n) is 24.3. The summed E-state index contributed by atoms with van der Waals surface area (Å²) in [4.78, 5) is 18.3. The van der Waals surface area contributed by atoms with Crippen LogP contribution < -0.4 is 9.64 Å². The summed E-state index contributed by atoms with van der Waals surface area (Å²) >= 11 is 0. The van der Waals surface area contributed by atoms with Gasteiger partial charge in [0.15, 0.2) is 5.82 Å². The SMILES string of the molecule is C#Cc1c(F)ccc2cc(O)cc(-c3ncc4c(N5CCC56CCCC6)nc(OC[C@@]56CCCN5C[C@H](F)C6)nc4c3F)c12. The number of benzene rings is 2. The molecule has 1 N–H and O–H groups in total. The second kappa shape index (κ2) is 9.96. The Morgan fingerprint density at radius 1 is 1.07 bits per heavy atom. The molecule has 226 valence electrons. The molecule has 8 rings (SSSR count). The average molecular weight is 600 g/mol. The number of aromatic nitrogens is 3. The number of nitrogens with zero attached hydrogens (tertiary/aromatic N) is 5. The highest BCUT2D eigenvalue weighted by Crippen LogP contribution is 2.49. The highest BCUT2D eigenvalue weighted by molar-refractivity contribution is 6.03. The molecule has 7 nitrogen and oxygen atoms in total. The molecule has 1 aliphatic carbocycles. The van der Waals surface area contributed by atoms with Gasteiger partial charge in [0, 0.05) is 42.2 Å². The Balaban J connectivity index is 1.29. The molecular formula is C34H32F3N5O2. The number of phenolic OH excluding ortho intramolecular Hbond substituents is 1. The first-order valence-corrected chi connectivity index (χ1v) is 15.4. The van der Waals surface area contributed by atoms with Crippen LogP contribution in [0.25, 0.3) is 32.9 Å². The van der Waals surface area contributed by atoms with E-state index >= 15 is 4.39 Å². The Labute approximate surface area is 253 Å². The molecule has 1 saturated carbocycles. The molecule has 3 saturated heterocycles. The van der Waals surface area contributed by atoms with Gasteiger partial charge in [0.25, 0.3) is 0 Å². The first-order chi connectivity index (χ1) is 21.3. The van der Waals surface area contributed by atoms with E-state index in [-0.39, 0.29) is 51.6 Å². The quantitative estimate of drug-likeness (QED) is 0.271. The Hall–Kier alpha value is -4.10. The predicted octanol–water partition coefficient (Wildman–Crippen LogP) is 6.29. The standard InChI is InChI=1S/C34H32F3N5O2/c1-2-23-26(36)7-6-20-14-22(43)15-24(27(20)23)29-28(37)30-25(17-38-29)31(42-13-11-33(42)8-3-4-9-33)40-32(39-30)44-19-34-10-5-12-41(34)18-21(35)16-34/h1,6-7,14-15,17,21,43H,3-5,8-13,16,18-19H2/t21-,34+/m1/s1. The fourth-order valence-electron chi connectivity index (χ4n) is 8.30. The molecule has 2 aromatic carbocycles. The average Bonchev–Trinajstić information content (AvgIpc) is 3.72. The fourth-order valence-corrected chi connectivity index (χ4v) is 8.30. The topological polar surface area (TPSA) is 74.6 Å². The van der Waals surface area contributed by atoms with Gasteiger partial charge >= 0.3 is 6.01 Å². The van der Waals surface area contributed by atoms with Gasteiger partial charge in [0.1, 0.15) is 41.4 Å². The van der Waals surface area contributed by atoms with Gasteiger partial charge in [0.05, 0.1) is 16.5 Å². The summed E-state index contributed by atoms with van der Waals surface area (Å²) in [5, 5.41) is 11.7. The lowest BCUT2D eigenvalue weighted by Gasteiger charge is -2.52. The van der Waals surface area contributed by atoms with E-state index in [1.807, 2.05) is 0 Å². The van der Waals surface area contributed by atoms with E-state index in [9.17, 15) is 13.9 Å². The fraction of sp³-hybridized carbons (Fsp3) is 0.441. The molecule has 4 aliphatic rings. The van der Waals surface area contributed by atoms with E-state index in [1.54, 1.807) is 6.20 Å². The maximum atomic E-state index is 16.8. The van der Waals surface area contributed by atoms with Crippen molar-refractivity contribution in [3.63, 3.8) is 0 Å². The summed E-state index contributed by atoms with van der Waals surface area (Å²) in [5.74, 6) is 1.43. The van der Waals surface area contributed by atoms with Gasteiger partial charge < -0.3 is 14.7 Å². The van der Waals surface area contributed by atoms with Crippen molar-refractivity contribution < 1.29 is 23.0 Å². The van der Waals surface area contributed by atoms with Gasteiger partial charge in [0.2, 0.25) is 0 Å². The third-order valence-corrected chi connectivity index (χ3v) is 10.5. The van der Waals surface area contributed by atoms with Gasteiger partial charge in [-0.05, 0) is 62.2 Å². The summed E-state index contributed by atoms with van der Waals surface area (Å²) in [5.41, 5.74) is -0.432. The third-order valence-electron chi connectivity index (χ3n) is 10.5. The molecule has 0 radical (unpaired) electrons. The van der Waals surface area contributed by atoms with Crippen LogP contribution in [-0.2, 0) is 0 Å². The number of alkyl halides is 1. The normalized spacial score (nSPS) is 24.2. The molecule has 2 atom stereocenters. The number of hydrogen-bond acceptors (Lipinski definition) is 7. The van der Waals surface area contributed by atoms with E-state index < -0.39 is 23.3 Å². The number of terminal acetylenes is 1. The zero-order valence-corrected chi connectivity index (χ0v) is 24.3. The molecule has 0 unspecified atom stereocenters. The van der Waals surface area contributed by atoms with E-state index in [1.165, 1.54) is 24.3 Å². The molecule has 1 spiro atoms. The monoisotopic (exact) mass is 599 g/mol. The summed E-state index contributed by atoms with van der Waals surface area (Å²) in [6.45, 7) is 2.21. The molecule has 0 bridgehead atoms. The van der Waals surface area contributed by atoms with Crippen molar-refractivity contribution in [2.45, 2.75) is 68.6 Å². The second-order valence-corrected chi connectivity index (χ2v) is 12.9. The highest BCUT2D eigenvalue weighted by atomic mass is 19.1. The Morgan fingerprint density at radius 2 is 1.91 bits per heavy atom. The molecule has 4 aromatic rings. The molecule has 0 amide bonds. The lowest BCUT2D eigenvalue weighted by molar-refractivity contribution is 0.107. The molecule has 2 aromatic heterocycles. The van der Waals surface area contributed by atoms with Crippen molar-refractivity contribution >= 4 is 27.5 Å². The van der Waals surface area contributed by atoms with Crippen molar-refractivity contribution in [3.8, 4) is 35.4 Å². The number of phenols is 1. The first kappa shape index (κ1) is 27.4. The van der Waals surface area contributed by atoms with Crippen LogP contribution in [0.15, 0.2) is 30.5 Å². The smallest absolute Gasteiger partial charge is 0.319 e. The Morgan fingerprint density at radius 3 is 2.68 bits per heavy atom. The summed E-state index contributed by atoms with van der Waals surface area (Å²) in [6.07, 6.45) is 13.9. The summed E-state index contributed by atoms with van der Waals surface area (Å²) < 4.78 is 52.2. The first-order valence-electron chi connectivity index (χ1n) is 15.4. The lowest BCUT2D eigenvalue weighted by atomic mass is 9.83. The van der Waals surface area contributed by atoms with Crippen molar-refractivity contribution in [3.05, 3.63) is 47.7 Å². The van der Waals surface area contributed by atoms with E-state index in [2.05, 4.69) is 25.7 Å². The predicted molar refractivity (Wildman–Crippen MR) is 161 cm³/mol. The van der Waals surface area contributed by atoms with Crippen LogP contribution in [0.2, 0.25) is 0 Å². The molecule has 5 heterocycles. The number of anilines is 1. The van der Waals surface area contributed by atoms with E-state index in [4.69, 9.17) is 16.1 Å². The molecule has 3 aliphatic heterocycles. The number of halogens is 3. The van der Waals surface area contributed by atoms with Gasteiger partial charge in [-0.15, -0.1) is 6.42 Å². The number of aromatic hydroxyl groups is 1. The number of pyridine rings is 1. The van der Waals surface area contributed by atoms with Crippen LogP contribution in [0.1, 0.15) is 56.9 Å². The van der Waals surface area contributed by atoms with Gasteiger partial charge in [-0.25, -0.2) is 13.2 Å². The maximum absolute atomic E-state index is 16.8. The van der Waals surface area contributed by atoms with Gasteiger partial charge in [-0.2, -0.15) is 9.97 Å². The van der Waals surface area contributed by atoms with E-state index in [0.29, 0.717) is 29.6 Å². The number of fused-ring (bicyclic) bond motifs is 3. The van der Waals surface area contributed by atoms with Crippen LogP contribution in [0.5, 0.6) is 11.8 Å². The van der Waals surface area contributed by atoms with Crippen LogP contribution in [0.4, 0.5) is 19.0 Å². The minimum Gasteiger partial charge on any atom is -0.508 e. The molecular weight excluding hydrogens is 567 g/mol. The van der Waals surface area contributed by atoms with Crippen LogP contribution >= 0.6 is 0 Å². The minimum atomic E-state index is -0.906. The second-order valence-electron chi connectivity index (χ2n) is 12.9. The Kier molecular flexibility index (Phi) is 6.21. The van der Waals surface area contributed by atoms with Crippen molar-refractivity contribution in [2.24, 2.45) is 0 Å². The Bertz CT molecular complexity index is 1870. The number of hydrogen-bond donors (Lipinski definition) is 1. The highest BCUT2D eigenvalue weighted by Gasteiger charge is 2.50. The van der Waals surface area contributed by atoms with Gasteiger partial charge in [-0.3, -0.25) is 9.88 Å². The largest absolute Gasteiger partial charge is 0.508 e. The van der Waals surface area contributed by atoms with Crippen molar-refractivity contribution in [2.75, 3.05) is 31.1 Å². The van der Waals surface area contributed by atoms with Crippen molar-refractivity contribution in [1.82, 2.24) is 19.9 Å². The zero-order chi connectivity index (χ0) is 30.2. The third kappa shape index (κ3) is 4.05. The minimum absolute atomic E-state index is 0.0146. The summed E-state index contributed by atoms with van der Waals surface area (Å²) in [6, 6.07) is 5.53. The molecule has 44 heavy (non-hydrogen) atoms. The molecule has 4 fully saturated rings. The molecule has 10 heteroatoms. The number of rotatable bonds is 5. The van der Waals surface area contributed by atoms with Crippen LogP contribution in [0, 0.1) is 24.0 Å². The van der Waals surface area contributed by atoms with Crippen molar-refractivity contribution in [1.29, 1.82) is 0 Å². The number of ether oxygens (including phenoxy) is 1. The van der Waals surface area contributed by atoms with Crippen LogP contribution in [-0.4, -0.2) is 68.4 Å². The van der Waals surface area contributed by atoms with Gasteiger partial charge in [-0.1, -0.05) is 24.8 Å². The maximum Gasteiger partial charge on any atom is 0.319 e. The lowest BCUT2D eigenvalue weighted by Crippen LogP contribution is -2.59. The van der Waals surface area contributed by atoms with Crippen LogP contribution in [0.3, 0.4) is 0 Å². The van der Waals surface area contributed by atoms with E-state index in [0.717, 1.165) is 58.0 Å². The summed E-state index contributed by atoms with van der Waals surface area (Å²) in [7, 11) is 0.